The molecule has 0 bridgehead atoms. The molecule has 1 heterocycles. The number of nitrogen functional groups attached to an aromatic ring is 1. The van der Waals surface area contributed by atoms with E-state index in [0.717, 1.165) is 117 Å². The number of hydrogen-bond donors (Lipinski definition) is 3. The van der Waals surface area contributed by atoms with E-state index < -0.39 is 10.1 Å². The molecule has 0 saturated carbocycles. The fraction of sp³-hybridized carbons (Fsp3) is 0.643. The molecule has 10 heteroatoms. The molecule has 3 rings (SSSR count). The Morgan fingerprint density at radius 1 is 0.788 bits per heavy atom. The first-order valence-corrected chi connectivity index (χ1v) is 21.9. The third kappa shape index (κ3) is 15.2. The zero-order valence-corrected chi connectivity index (χ0v) is 34.3. The van der Waals surface area contributed by atoms with E-state index in [-0.39, 0.29) is 11.8 Å². The lowest BCUT2D eigenvalue weighted by Crippen LogP contribution is -2.31. The van der Waals surface area contributed by atoms with Crippen molar-refractivity contribution in [3.63, 3.8) is 0 Å². The van der Waals surface area contributed by atoms with Gasteiger partial charge in [0.25, 0.3) is 10.1 Å². The summed E-state index contributed by atoms with van der Waals surface area (Å²) < 4.78 is 32.0. The van der Waals surface area contributed by atoms with Crippen molar-refractivity contribution in [3.8, 4) is 5.75 Å². The predicted octanol–water partition coefficient (Wildman–Crippen LogP) is 9.85. The number of rotatable bonds is 25. The lowest BCUT2D eigenvalue weighted by atomic mass is 9.90. The van der Waals surface area contributed by atoms with Crippen molar-refractivity contribution < 1.29 is 22.5 Å². The van der Waals surface area contributed by atoms with Crippen molar-refractivity contribution in [3.05, 3.63) is 58.8 Å². The van der Waals surface area contributed by atoms with E-state index in [2.05, 4.69) is 62.4 Å². The number of hydrogen-bond acceptors (Lipinski definition) is 7. The van der Waals surface area contributed by atoms with Gasteiger partial charge in [0.05, 0.1) is 18.4 Å². The molecule has 1 unspecified atom stereocenters. The molecule has 0 aliphatic heterocycles. The van der Waals surface area contributed by atoms with Crippen LogP contribution in [0.1, 0.15) is 152 Å². The third-order valence-corrected chi connectivity index (χ3v) is 9.54. The maximum atomic E-state index is 14.5. The molecule has 3 aromatic rings. The molecular formula is C42H70N4O5S. The number of ketones is 1. The van der Waals surface area contributed by atoms with Gasteiger partial charge in [0, 0.05) is 46.0 Å². The van der Waals surface area contributed by atoms with Crippen molar-refractivity contribution in [1.29, 1.82) is 0 Å². The Morgan fingerprint density at radius 2 is 1.31 bits per heavy atom. The number of anilines is 1. The topological polar surface area (TPSA) is 129 Å². The number of nitrogens with one attached hydrogen (secondary N) is 1. The lowest BCUT2D eigenvalue weighted by molar-refractivity contribution is 0.103. The van der Waals surface area contributed by atoms with Crippen LogP contribution in [0.3, 0.4) is 0 Å². The monoisotopic (exact) mass is 743 g/mol. The van der Waals surface area contributed by atoms with Gasteiger partial charge in [-0.25, -0.2) is 0 Å². The molecule has 0 spiro atoms. The number of unbranched alkanes of at least 4 members (excludes halogenated alkanes) is 5. The van der Waals surface area contributed by atoms with E-state index in [1.54, 1.807) is 0 Å². The van der Waals surface area contributed by atoms with Gasteiger partial charge >= 0.3 is 0 Å². The van der Waals surface area contributed by atoms with E-state index in [1.165, 1.54) is 38.8 Å². The molecule has 9 nitrogen and oxygen atoms in total. The van der Waals surface area contributed by atoms with Crippen LogP contribution in [0.25, 0.3) is 10.9 Å². The van der Waals surface area contributed by atoms with Gasteiger partial charge < -0.3 is 20.4 Å². The molecule has 0 fully saturated rings. The van der Waals surface area contributed by atoms with E-state index in [0.29, 0.717) is 18.4 Å². The molecule has 1 atom stereocenters. The molecule has 0 saturated heterocycles. The van der Waals surface area contributed by atoms with E-state index in [4.69, 9.17) is 15.0 Å². The number of nitrogens with zero attached hydrogens (tertiary/aromatic N) is 2. The molecule has 0 aliphatic carbocycles. The largest absolute Gasteiger partial charge is 0.494 e. The van der Waals surface area contributed by atoms with E-state index in [9.17, 15) is 13.2 Å². The number of nitrogens with two attached hydrogens (primary N) is 1. The van der Waals surface area contributed by atoms with Crippen LogP contribution in [-0.2, 0) is 16.5 Å². The smallest absolute Gasteiger partial charge is 0.261 e. The maximum Gasteiger partial charge on any atom is 0.261 e. The predicted molar refractivity (Wildman–Crippen MR) is 219 cm³/mol. The molecule has 0 radical (unpaired) electrons. The van der Waals surface area contributed by atoms with Crippen LogP contribution in [0, 0.1) is 0 Å². The van der Waals surface area contributed by atoms with Crippen molar-refractivity contribution in [2.75, 3.05) is 51.3 Å². The Bertz CT molecular complexity index is 1530. The minimum atomic E-state index is -3.67. The first kappa shape index (κ1) is 45.2. The zero-order chi connectivity index (χ0) is 38.5. The zero-order valence-electron chi connectivity index (χ0n) is 33.4. The van der Waals surface area contributed by atoms with Crippen LogP contribution in [0.15, 0.2) is 36.4 Å². The molecule has 2 aromatic carbocycles. The van der Waals surface area contributed by atoms with Crippen LogP contribution >= 0.6 is 0 Å². The lowest BCUT2D eigenvalue weighted by Gasteiger charge is -2.33. The fourth-order valence-corrected chi connectivity index (χ4v) is 6.75. The van der Waals surface area contributed by atoms with Gasteiger partial charge in [-0.1, -0.05) is 73.6 Å². The summed E-state index contributed by atoms with van der Waals surface area (Å²) in [5.41, 5.74) is 12.3. The Kier molecular flexibility index (Phi) is 21.2. The second kappa shape index (κ2) is 24.4. The van der Waals surface area contributed by atoms with Gasteiger partial charge in [0.15, 0.2) is 5.78 Å². The number of H-pyrrole nitrogens is 1. The highest BCUT2D eigenvalue weighted by Crippen LogP contribution is 2.39. The number of aromatic nitrogens is 1. The normalized spacial score (nSPS) is 12.3. The molecule has 0 aliphatic rings. The first-order valence-electron chi connectivity index (χ1n) is 20.0. The number of fused-ring (bicyclic) bond motifs is 1. The molecule has 1 aromatic heterocycles. The van der Waals surface area contributed by atoms with Gasteiger partial charge in [0.1, 0.15) is 5.75 Å². The highest BCUT2D eigenvalue weighted by atomic mass is 32.2. The van der Waals surface area contributed by atoms with Crippen LogP contribution < -0.4 is 10.5 Å². The van der Waals surface area contributed by atoms with Gasteiger partial charge in [-0.2, -0.15) is 8.42 Å². The van der Waals surface area contributed by atoms with Crippen molar-refractivity contribution in [2.24, 2.45) is 0 Å². The number of carbonyl (C=O) groups excluding carboxylic acids is 1. The highest BCUT2D eigenvalue weighted by molar-refractivity contribution is 7.85. The molecule has 52 heavy (non-hydrogen) atoms. The second-order valence-corrected chi connectivity index (χ2v) is 15.5. The van der Waals surface area contributed by atoms with E-state index >= 15 is 0 Å². The highest BCUT2D eigenvalue weighted by Gasteiger charge is 2.28. The van der Waals surface area contributed by atoms with Crippen molar-refractivity contribution in [2.45, 2.75) is 131 Å². The van der Waals surface area contributed by atoms with Crippen LogP contribution in [0.5, 0.6) is 5.75 Å². The number of aryl methyl sites for hydroxylation is 1. The Labute approximate surface area is 315 Å². The summed E-state index contributed by atoms with van der Waals surface area (Å²) in [5, 5.41) is 1.02. The number of carbonyl (C=O) groups is 1. The maximum absolute atomic E-state index is 14.5. The quantitative estimate of drug-likeness (QED) is 0.0339. The number of benzene rings is 2. The van der Waals surface area contributed by atoms with E-state index in [1.807, 2.05) is 30.3 Å². The van der Waals surface area contributed by atoms with Gasteiger partial charge in [-0.3, -0.25) is 14.2 Å². The average molecular weight is 743 g/mol. The van der Waals surface area contributed by atoms with Crippen LogP contribution in [-0.4, -0.2) is 79.1 Å². The first-order chi connectivity index (χ1) is 24.9. The van der Waals surface area contributed by atoms with Crippen LogP contribution in [0.2, 0.25) is 0 Å². The molecular weight excluding hydrogens is 673 g/mol. The minimum absolute atomic E-state index is 0.0618. The summed E-state index contributed by atoms with van der Waals surface area (Å²) in [6, 6.07) is 12.1. The van der Waals surface area contributed by atoms with Gasteiger partial charge in [0.2, 0.25) is 0 Å². The minimum Gasteiger partial charge on any atom is -0.494 e. The van der Waals surface area contributed by atoms with Crippen LogP contribution in [0.4, 0.5) is 5.69 Å². The molecule has 294 valence electrons. The fourth-order valence-electron chi connectivity index (χ4n) is 6.75. The third-order valence-electron chi connectivity index (χ3n) is 9.54. The van der Waals surface area contributed by atoms with Crippen molar-refractivity contribution in [1.82, 2.24) is 14.8 Å². The summed E-state index contributed by atoms with van der Waals surface area (Å²) in [7, 11) is -3.67. The Morgan fingerprint density at radius 3 is 1.83 bits per heavy atom. The summed E-state index contributed by atoms with van der Waals surface area (Å²) in [6.45, 7) is 19.6. The Balaban J connectivity index is 0.00000175. The molecule has 0 amide bonds. The SMILES string of the molecule is CCCCc1[nH]c2ccc(N)c(C(CC)N(CCCC)CCCC)c2c1C(=O)c1ccc(OCCCN(CCCC)CCCC)cc1.CS(=O)(=O)O. The Hall–Kier alpha value is -2.92. The van der Waals surface area contributed by atoms with Crippen molar-refractivity contribution >= 4 is 32.5 Å². The number of aromatic amines is 1. The van der Waals surface area contributed by atoms with Gasteiger partial charge in [-0.05, 0) is 114 Å². The van der Waals surface area contributed by atoms with Gasteiger partial charge in [-0.15, -0.1) is 0 Å². The standard InChI is InChI=1S/C41H66N4O2.CH4O3S/c1-7-13-19-35-40(39-36(43-35)25-24-34(42)38(39)37(12-6)45(29-16-10-4)30-17-11-5)41(46)32-20-22-33(23-21-32)47-31-18-28-44(26-14-8-2)27-15-9-3;1-5(2,3)4/h20-25,37,43H,7-19,26-31,42H2,1-6H3;1H3,(H,2,3,4). The summed E-state index contributed by atoms with van der Waals surface area (Å²) >= 11 is 0. The average Bonchev–Trinajstić information content (AvgIpc) is 3.49. The number of ether oxygens (including phenoxy) is 1. The second-order valence-electron chi connectivity index (χ2n) is 14.1. The summed E-state index contributed by atoms with van der Waals surface area (Å²) in [6.07, 6.45) is 15.2. The molecule has 4 N–H and O–H groups in total. The summed E-state index contributed by atoms with van der Waals surface area (Å²) in [4.78, 5) is 23.4. The summed E-state index contributed by atoms with van der Waals surface area (Å²) in [5.74, 6) is 0.880.